The van der Waals surface area contributed by atoms with Crippen molar-refractivity contribution in [2.24, 2.45) is 5.73 Å². The van der Waals surface area contributed by atoms with E-state index in [1.54, 1.807) is 6.07 Å². The topological polar surface area (TPSA) is 202 Å². The lowest BCUT2D eigenvalue weighted by Crippen LogP contribution is -2.37. The Morgan fingerprint density at radius 2 is 2.12 bits per heavy atom. The number of amides is 1. The van der Waals surface area contributed by atoms with Crippen LogP contribution in [-0.4, -0.2) is 71.0 Å². The molecule has 3 heterocycles. The lowest BCUT2D eigenvalue weighted by atomic mass is 10.1. The summed E-state index contributed by atoms with van der Waals surface area (Å²) >= 11 is 0. The molecule has 1 amide bonds. The largest absolute Gasteiger partial charge is 0.394 e. The van der Waals surface area contributed by atoms with E-state index >= 15 is 0 Å². The minimum absolute atomic E-state index is 0.246. The zero-order valence-corrected chi connectivity index (χ0v) is 11.8. The van der Waals surface area contributed by atoms with Gasteiger partial charge in [0.1, 0.15) is 24.4 Å². The highest BCUT2D eigenvalue weighted by Crippen LogP contribution is 2.27. The van der Waals surface area contributed by atoms with Crippen LogP contribution in [0.15, 0.2) is 4.79 Å². The van der Waals surface area contributed by atoms with Crippen molar-refractivity contribution in [3.8, 4) is 6.07 Å². The normalized spacial score (nSPS) is 26.6. The Labute approximate surface area is 132 Å². The highest BCUT2D eigenvalue weighted by Gasteiger charge is 2.44. The van der Waals surface area contributed by atoms with Crippen LogP contribution in [0.3, 0.4) is 0 Å². The monoisotopic (exact) mass is 337 g/mol. The minimum Gasteiger partial charge on any atom is -0.394 e. The fourth-order valence-corrected chi connectivity index (χ4v) is 2.42. The smallest absolute Gasteiger partial charge is 0.340 e. The van der Waals surface area contributed by atoms with Crippen LogP contribution in [0.25, 0.3) is 11.0 Å². The predicted molar refractivity (Wildman–Crippen MR) is 72.3 cm³/mol. The number of nitrogens with zero attached hydrogens (tertiary/aromatic N) is 6. The Morgan fingerprint density at radius 1 is 1.42 bits per heavy atom. The zero-order valence-electron chi connectivity index (χ0n) is 11.8. The number of nitriles is 1. The van der Waals surface area contributed by atoms with E-state index in [9.17, 15) is 19.8 Å². The predicted octanol–water partition coefficient (Wildman–Crippen LogP) is -3.60. The molecule has 0 bridgehead atoms. The van der Waals surface area contributed by atoms with Crippen molar-refractivity contribution in [2.45, 2.75) is 24.5 Å². The van der Waals surface area contributed by atoms with E-state index in [2.05, 4.69) is 15.4 Å². The summed E-state index contributed by atoms with van der Waals surface area (Å²) in [5, 5.41) is 48.5. The second-order valence-corrected chi connectivity index (χ2v) is 4.98. The van der Waals surface area contributed by atoms with Crippen LogP contribution in [0.4, 0.5) is 4.79 Å². The first-order chi connectivity index (χ1) is 11.4. The number of aliphatic hydroxyl groups excluding tert-OH is 3. The number of hydrogen-bond acceptors (Lipinski definition) is 10. The summed E-state index contributed by atoms with van der Waals surface area (Å²) in [6.45, 7) is -0.600. The zero-order chi connectivity index (χ0) is 17.6. The fourth-order valence-electron chi connectivity index (χ4n) is 2.42. The number of carbonyl (C=O) groups is 1. The Bertz CT molecular complexity index is 914. The number of carbonyl (C=O) groups excluding carboxylic acids is 1. The third kappa shape index (κ3) is 2.13. The summed E-state index contributed by atoms with van der Waals surface area (Å²) in [4.78, 5) is 24.0. The van der Waals surface area contributed by atoms with Gasteiger partial charge in [0.2, 0.25) is 0 Å². The van der Waals surface area contributed by atoms with Gasteiger partial charge in [-0.3, -0.25) is 4.79 Å². The molecule has 0 spiro atoms. The number of fused-ring (bicyclic) bond motifs is 1. The van der Waals surface area contributed by atoms with Crippen LogP contribution < -0.4 is 11.3 Å². The Morgan fingerprint density at radius 3 is 2.67 bits per heavy atom. The molecule has 0 saturated carbocycles. The van der Waals surface area contributed by atoms with Crippen molar-refractivity contribution >= 4 is 17.1 Å². The molecule has 2 aromatic heterocycles. The van der Waals surface area contributed by atoms with Crippen molar-refractivity contribution in [3.63, 3.8) is 0 Å². The minimum atomic E-state index is -1.58. The van der Waals surface area contributed by atoms with Crippen molar-refractivity contribution in [2.75, 3.05) is 6.61 Å². The van der Waals surface area contributed by atoms with Crippen LogP contribution in [0.2, 0.25) is 0 Å². The van der Waals surface area contributed by atoms with E-state index in [0.29, 0.717) is 9.36 Å². The molecule has 1 saturated heterocycles. The molecule has 3 rings (SSSR count). The average molecular weight is 337 g/mol. The second-order valence-electron chi connectivity index (χ2n) is 4.98. The molecule has 24 heavy (non-hydrogen) atoms. The molecule has 0 aromatic carbocycles. The standard InChI is InChI=1S/C11H11N7O6/c12-1-3-5-6(17(15-3)11(13)23)9(22)18(16-14-5)10-8(21)7(20)4(2-19)24-10/h4,7-8,10,19-21H,2H2,(H2,13,23). The first-order valence-corrected chi connectivity index (χ1v) is 6.61. The molecule has 2 aromatic rings. The van der Waals surface area contributed by atoms with E-state index in [0.717, 1.165) is 0 Å². The Balaban J connectivity index is 2.20. The third-order valence-corrected chi connectivity index (χ3v) is 3.58. The number of aromatic nitrogens is 5. The molecular weight excluding hydrogens is 326 g/mol. The van der Waals surface area contributed by atoms with E-state index in [-0.39, 0.29) is 11.2 Å². The van der Waals surface area contributed by atoms with Gasteiger partial charge in [-0.05, 0) is 0 Å². The maximum atomic E-state index is 12.6. The summed E-state index contributed by atoms with van der Waals surface area (Å²) in [7, 11) is 0. The van der Waals surface area contributed by atoms with E-state index in [4.69, 9.17) is 20.8 Å². The molecular formula is C11H11N7O6. The van der Waals surface area contributed by atoms with Crippen LogP contribution >= 0.6 is 0 Å². The van der Waals surface area contributed by atoms with Crippen LogP contribution in [-0.2, 0) is 4.74 Å². The maximum Gasteiger partial charge on any atom is 0.340 e. The third-order valence-electron chi connectivity index (χ3n) is 3.58. The summed E-state index contributed by atoms with van der Waals surface area (Å²) in [5.41, 5.74) is 3.14. The second kappa shape index (κ2) is 5.62. The number of nitrogens with two attached hydrogens (primary N) is 1. The van der Waals surface area contributed by atoms with Gasteiger partial charge in [-0.25, -0.2) is 4.79 Å². The molecule has 1 aliphatic heterocycles. The van der Waals surface area contributed by atoms with Crippen molar-refractivity contribution < 1.29 is 24.9 Å². The Kier molecular flexibility index (Phi) is 3.73. The van der Waals surface area contributed by atoms with Gasteiger partial charge in [0.25, 0.3) is 5.56 Å². The molecule has 0 aliphatic carbocycles. The number of hydrogen-bond donors (Lipinski definition) is 4. The van der Waals surface area contributed by atoms with Crippen molar-refractivity contribution in [1.82, 2.24) is 24.8 Å². The number of ether oxygens (including phenoxy) is 1. The van der Waals surface area contributed by atoms with Gasteiger partial charge >= 0.3 is 6.03 Å². The van der Waals surface area contributed by atoms with Crippen LogP contribution in [0.5, 0.6) is 0 Å². The van der Waals surface area contributed by atoms with E-state index in [1.807, 2.05) is 0 Å². The van der Waals surface area contributed by atoms with Crippen molar-refractivity contribution in [3.05, 3.63) is 16.0 Å². The number of primary amides is 1. The van der Waals surface area contributed by atoms with Gasteiger partial charge in [0.05, 0.1) is 6.61 Å². The van der Waals surface area contributed by atoms with Gasteiger partial charge in [0.15, 0.2) is 23.0 Å². The quantitative estimate of drug-likeness (QED) is 0.424. The molecule has 1 aliphatic rings. The maximum absolute atomic E-state index is 12.6. The van der Waals surface area contributed by atoms with Gasteiger partial charge < -0.3 is 25.8 Å². The molecule has 5 N–H and O–H groups in total. The molecule has 0 radical (unpaired) electrons. The van der Waals surface area contributed by atoms with Gasteiger partial charge in [-0.2, -0.15) is 14.6 Å². The Hall–Kier alpha value is -2.92. The summed E-state index contributed by atoms with van der Waals surface area (Å²) in [6, 6.07) is 0.524. The highest BCUT2D eigenvalue weighted by atomic mass is 16.6. The van der Waals surface area contributed by atoms with E-state index < -0.39 is 48.3 Å². The molecule has 1 fully saturated rings. The molecule has 4 atom stereocenters. The van der Waals surface area contributed by atoms with Gasteiger partial charge in [-0.15, -0.1) is 10.2 Å². The van der Waals surface area contributed by atoms with Crippen molar-refractivity contribution in [1.29, 1.82) is 5.26 Å². The molecule has 126 valence electrons. The average Bonchev–Trinajstić information content (AvgIpc) is 3.08. The van der Waals surface area contributed by atoms with Crippen LogP contribution in [0.1, 0.15) is 11.9 Å². The summed E-state index contributed by atoms with van der Waals surface area (Å²) in [5.74, 6) is 0. The SMILES string of the molecule is N#Cc1nn(C(N)=O)c2c(=O)n(C3OC(CO)C(O)C3O)nnc12. The first kappa shape index (κ1) is 16.0. The summed E-state index contributed by atoms with van der Waals surface area (Å²) in [6.07, 6.45) is -5.62. The lowest BCUT2D eigenvalue weighted by Gasteiger charge is -2.15. The van der Waals surface area contributed by atoms with Crippen LogP contribution in [0, 0.1) is 11.3 Å². The highest BCUT2D eigenvalue weighted by molar-refractivity contribution is 5.89. The molecule has 13 nitrogen and oxygen atoms in total. The lowest BCUT2D eigenvalue weighted by molar-refractivity contribution is -0.0619. The number of rotatable bonds is 2. The van der Waals surface area contributed by atoms with Gasteiger partial charge in [0, 0.05) is 0 Å². The first-order valence-electron chi connectivity index (χ1n) is 6.61. The van der Waals surface area contributed by atoms with E-state index in [1.165, 1.54) is 0 Å². The summed E-state index contributed by atoms with van der Waals surface area (Å²) < 4.78 is 6.25. The molecule has 13 heteroatoms. The fraction of sp³-hybridized carbons (Fsp3) is 0.455. The number of aliphatic hydroxyl groups is 3. The van der Waals surface area contributed by atoms with Gasteiger partial charge in [-0.1, -0.05) is 5.21 Å². The molecule has 4 unspecified atom stereocenters.